The summed E-state index contributed by atoms with van der Waals surface area (Å²) in [5.41, 5.74) is 7.77. The Labute approximate surface area is 200 Å². The summed E-state index contributed by atoms with van der Waals surface area (Å²) in [4.78, 5) is 7.10. The van der Waals surface area contributed by atoms with Gasteiger partial charge in [0.25, 0.3) is 0 Å². The lowest BCUT2D eigenvalue weighted by atomic mass is 10.00. The summed E-state index contributed by atoms with van der Waals surface area (Å²) in [7, 11) is 0. The molecule has 1 aromatic carbocycles. The molecule has 0 saturated carbocycles. The van der Waals surface area contributed by atoms with Crippen molar-refractivity contribution in [2.75, 3.05) is 31.9 Å². The molecule has 0 radical (unpaired) electrons. The lowest BCUT2D eigenvalue weighted by molar-refractivity contribution is 0.273. The van der Waals surface area contributed by atoms with Crippen molar-refractivity contribution in [3.8, 4) is 11.8 Å². The number of aliphatic imine (C=N–C) groups is 1. The normalized spacial score (nSPS) is 14.8. The minimum atomic E-state index is -0.331. The molecule has 9 heteroatoms. The number of hydrogen-bond donors (Lipinski definition) is 2. The van der Waals surface area contributed by atoms with Crippen LogP contribution in [0.15, 0.2) is 29.3 Å². The van der Waals surface area contributed by atoms with Crippen molar-refractivity contribution in [1.82, 2.24) is 20.0 Å². The van der Waals surface area contributed by atoms with Crippen LogP contribution in [0.25, 0.3) is 5.69 Å². The number of anilines is 1. The van der Waals surface area contributed by atoms with Gasteiger partial charge in [-0.2, -0.15) is 10.4 Å². The van der Waals surface area contributed by atoms with Crippen molar-refractivity contribution in [3.63, 3.8) is 0 Å². The van der Waals surface area contributed by atoms with Crippen molar-refractivity contribution in [2.24, 2.45) is 10.9 Å². The van der Waals surface area contributed by atoms with Crippen molar-refractivity contribution in [2.45, 2.75) is 39.5 Å². The average Bonchev–Trinajstić information content (AvgIpc) is 3.07. The van der Waals surface area contributed by atoms with E-state index >= 15 is 0 Å². The predicted molar refractivity (Wildman–Crippen MR) is 132 cm³/mol. The Hall–Kier alpha value is -2.35. The number of halogens is 2. The highest BCUT2D eigenvalue weighted by atomic mass is 127. The van der Waals surface area contributed by atoms with E-state index in [4.69, 9.17) is 10.7 Å². The number of guanidine groups is 1. The summed E-state index contributed by atoms with van der Waals surface area (Å²) >= 11 is 0. The van der Waals surface area contributed by atoms with Crippen LogP contribution in [0.1, 0.15) is 44.4 Å². The first-order chi connectivity index (χ1) is 14.5. The molecule has 31 heavy (non-hydrogen) atoms. The monoisotopic (exact) mass is 539 g/mol. The molecule has 0 atom stereocenters. The smallest absolute Gasteiger partial charge is 0.193 e. The molecule has 1 saturated heterocycles. The maximum absolute atomic E-state index is 13.2. The lowest BCUT2D eigenvalue weighted by Gasteiger charge is -2.33. The highest BCUT2D eigenvalue weighted by Gasteiger charge is 2.19. The fourth-order valence-corrected chi connectivity index (χ4v) is 3.63. The Morgan fingerprint density at radius 2 is 2.00 bits per heavy atom. The summed E-state index contributed by atoms with van der Waals surface area (Å²) in [5.74, 6) is 1.68. The zero-order valence-corrected chi connectivity index (χ0v) is 20.5. The van der Waals surface area contributed by atoms with Gasteiger partial charge in [-0.25, -0.2) is 9.07 Å². The second kappa shape index (κ2) is 11.9. The summed E-state index contributed by atoms with van der Waals surface area (Å²) in [6.45, 7) is 7.91. The molecule has 2 heterocycles. The van der Waals surface area contributed by atoms with Gasteiger partial charge in [-0.1, -0.05) is 6.92 Å². The highest BCUT2D eigenvalue weighted by Crippen LogP contribution is 2.22. The SMILES string of the molecule is CCNC(=NCCCc1nn(-c2ccc(F)cc2)c(N)c1C#N)N1CCC(C)CC1.I. The van der Waals surface area contributed by atoms with Crippen LogP contribution in [-0.2, 0) is 6.42 Å². The van der Waals surface area contributed by atoms with Gasteiger partial charge in [0.05, 0.1) is 11.4 Å². The van der Waals surface area contributed by atoms with Crippen LogP contribution >= 0.6 is 24.0 Å². The largest absolute Gasteiger partial charge is 0.382 e. The van der Waals surface area contributed by atoms with E-state index in [2.05, 4.69) is 35.2 Å². The van der Waals surface area contributed by atoms with Crippen LogP contribution in [0.5, 0.6) is 0 Å². The summed E-state index contributed by atoms with van der Waals surface area (Å²) in [5, 5.41) is 17.4. The number of aryl methyl sites for hydroxylation is 1. The number of nitrogens with one attached hydrogen (secondary N) is 1. The van der Waals surface area contributed by atoms with E-state index in [9.17, 15) is 9.65 Å². The number of benzene rings is 1. The maximum atomic E-state index is 13.2. The number of nitrogens with two attached hydrogens (primary N) is 1. The first kappa shape index (κ1) is 24.9. The van der Waals surface area contributed by atoms with Gasteiger partial charge in [-0.3, -0.25) is 4.99 Å². The van der Waals surface area contributed by atoms with E-state index in [1.807, 2.05) is 0 Å². The first-order valence-electron chi connectivity index (χ1n) is 10.6. The zero-order valence-electron chi connectivity index (χ0n) is 18.1. The van der Waals surface area contributed by atoms with Gasteiger partial charge >= 0.3 is 0 Å². The second-order valence-electron chi connectivity index (χ2n) is 7.72. The molecule has 0 aliphatic carbocycles. The van der Waals surface area contributed by atoms with Crippen LogP contribution in [0, 0.1) is 23.1 Å². The number of rotatable bonds is 6. The Kier molecular flexibility index (Phi) is 9.55. The van der Waals surface area contributed by atoms with Crippen molar-refractivity contribution in [3.05, 3.63) is 41.3 Å². The fraction of sp³-hybridized carbons (Fsp3) is 0.500. The first-order valence-corrected chi connectivity index (χ1v) is 10.6. The molecule has 7 nitrogen and oxygen atoms in total. The maximum Gasteiger partial charge on any atom is 0.193 e. The van der Waals surface area contributed by atoms with Crippen molar-refractivity contribution in [1.29, 1.82) is 5.26 Å². The molecule has 1 aliphatic heterocycles. The Morgan fingerprint density at radius 3 is 2.61 bits per heavy atom. The molecule has 0 amide bonds. The molecule has 1 aliphatic rings. The third-order valence-corrected chi connectivity index (χ3v) is 5.43. The molecule has 168 valence electrons. The third-order valence-electron chi connectivity index (χ3n) is 5.43. The van der Waals surface area contributed by atoms with Gasteiger partial charge in [0.15, 0.2) is 5.96 Å². The van der Waals surface area contributed by atoms with Gasteiger partial charge in [0.1, 0.15) is 23.3 Å². The molecule has 3 N–H and O–H groups in total. The molecule has 2 aromatic rings. The molecule has 0 unspecified atom stereocenters. The second-order valence-corrected chi connectivity index (χ2v) is 7.72. The van der Waals surface area contributed by atoms with Crippen LogP contribution in [0.2, 0.25) is 0 Å². The summed E-state index contributed by atoms with van der Waals surface area (Å²) in [6.07, 6.45) is 3.74. The average molecular weight is 539 g/mol. The quantitative estimate of drug-likeness (QED) is 0.253. The molecule has 0 bridgehead atoms. The van der Waals surface area contributed by atoms with Gasteiger partial charge in [-0.15, -0.1) is 24.0 Å². The Morgan fingerprint density at radius 1 is 1.32 bits per heavy atom. The number of likely N-dealkylation sites (tertiary alicyclic amines) is 1. The third kappa shape index (κ3) is 6.32. The molecule has 3 rings (SSSR count). The van der Waals surface area contributed by atoms with Gasteiger partial charge < -0.3 is 16.0 Å². The van der Waals surface area contributed by atoms with Crippen LogP contribution in [0.4, 0.5) is 10.2 Å². The molecule has 1 fully saturated rings. The van der Waals surface area contributed by atoms with Crippen LogP contribution in [-0.4, -0.2) is 46.8 Å². The Bertz CT molecular complexity index is 909. The summed E-state index contributed by atoms with van der Waals surface area (Å²) < 4.78 is 14.7. The number of nitrogens with zero attached hydrogens (tertiary/aromatic N) is 5. The molecule has 0 spiro atoms. The zero-order chi connectivity index (χ0) is 21.5. The molecular weight excluding hydrogens is 508 g/mol. The predicted octanol–water partition coefficient (Wildman–Crippen LogP) is 3.71. The van der Waals surface area contributed by atoms with E-state index < -0.39 is 0 Å². The lowest BCUT2D eigenvalue weighted by Crippen LogP contribution is -2.45. The van der Waals surface area contributed by atoms with E-state index in [0.717, 1.165) is 37.9 Å². The van der Waals surface area contributed by atoms with Gasteiger partial charge in [0, 0.05) is 26.2 Å². The fourth-order valence-electron chi connectivity index (χ4n) is 3.63. The number of nitriles is 1. The van der Waals surface area contributed by atoms with Crippen LogP contribution < -0.4 is 11.1 Å². The summed E-state index contributed by atoms with van der Waals surface area (Å²) in [6, 6.07) is 8.03. The number of aromatic nitrogens is 2. The van der Waals surface area contributed by atoms with Crippen LogP contribution in [0.3, 0.4) is 0 Å². The number of nitrogen functional groups attached to an aromatic ring is 1. The van der Waals surface area contributed by atoms with E-state index in [1.165, 1.54) is 29.7 Å². The molecular formula is C22H31FIN7. The standard InChI is InChI=1S/C22H30FN7.HI/c1-3-26-22(29-13-10-16(2)11-14-29)27-12-4-5-20-19(15-24)21(25)30(28-20)18-8-6-17(23)7-9-18;/h6-9,16H,3-5,10-14,25H2,1-2H3,(H,26,27);1H. The minimum absolute atomic E-state index is 0. The van der Waals surface area contributed by atoms with Crippen molar-refractivity contribution < 1.29 is 4.39 Å². The van der Waals surface area contributed by atoms with E-state index in [0.29, 0.717) is 29.9 Å². The topological polar surface area (TPSA) is 95.3 Å². The number of piperidine rings is 1. The molecule has 1 aromatic heterocycles. The highest BCUT2D eigenvalue weighted by molar-refractivity contribution is 14.0. The van der Waals surface area contributed by atoms with Crippen molar-refractivity contribution >= 4 is 35.8 Å². The minimum Gasteiger partial charge on any atom is -0.382 e. The van der Waals surface area contributed by atoms with Gasteiger partial charge in [-0.05, 0) is 62.8 Å². The van der Waals surface area contributed by atoms with Gasteiger partial charge in [0.2, 0.25) is 0 Å². The van der Waals surface area contributed by atoms with E-state index in [-0.39, 0.29) is 35.6 Å². The van der Waals surface area contributed by atoms with E-state index in [1.54, 1.807) is 12.1 Å². The number of hydrogen-bond acceptors (Lipinski definition) is 4. The Balaban J connectivity index is 0.00000341.